The second-order valence-electron chi connectivity index (χ2n) is 4.64. The molecule has 0 fully saturated rings. The highest BCUT2D eigenvalue weighted by Gasteiger charge is 2.22. The van der Waals surface area contributed by atoms with Crippen molar-refractivity contribution in [2.45, 2.75) is 16.7 Å². The van der Waals surface area contributed by atoms with Crippen LogP contribution in [0.25, 0.3) is 0 Å². The first-order chi connectivity index (χ1) is 10.7. The number of nitro groups is 1. The van der Waals surface area contributed by atoms with Crippen LogP contribution in [0.2, 0.25) is 5.02 Å². The van der Waals surface area contributed by atoms with Crippen LogP contribution in [0, 0.1) is 17.0 Å². The number of nitro benzene ring substituents is 1. The Morgan fingerprint density at radius 2 is 1.96 bits per heavy atom. The summed E-state index contributed by atoms with van der Waals surface area (Å²) < 4.78 is 27.3. The number of halogens is 1. The quantitative estimate of drug-likeness (QED) is 0.485. The van der Waals surface area contributed by atoms with Gasteiger partial charge in [0.25, 0.3) is 15.7 Å². The van der Waals surface area contributed by atoms with E-state index in [0.29, 0.717) is 5.69 Å². The normalized spacial score (nSPS) is 11.3. The zero-order valence-electron chi connectivity index (χ0n) is 12.2. The smallest absolute Gasteiger partial charge is 0.275 e. The largest absolute Gasteiger partial charge is 0.280 e. The van der Waals surface area contributed by atoms with Crippen molar-refractivity contribution < 1.29 is 13.3 Å². The Hall–Kier alpha value is -1.77. The fourth-order valence-electron chi connectivity index (χ4n) is 1.89. The Kier molecular flexibility index (Phi) is 5.18. The van der Waals surface area contributed by atoms with E-state index in [9.17, 15) is 18.5 Å². The van der Waals surface area contributed by atoms with Crippen molar-refractivity contribution in [3.8, 4) is 0 Å². The first kappa shape index (κ1) is 17.6. The molecule has 0 amide bonds. The Bertz CT molecular complexity index is 869. The van der Waals surface area contributed by atoms with Crippen LogP contribution < -0.4 is 4.72 Å². The van der Waals surface area contributed by atoms with Gasteiger partial charge >= 0.3 is 0 Å². The molecule has 2 rings (SSSR count). The van der Waals surface area contributed by atoms with Gasteiger partial charge in [-0.3, -0.25) is 14.8 Å². The van der Waals surface area contributed by atoms with Crippen molar-refractivity contribution >= 4 is 44.8 Å². The summed E-state index contributed by atoms with van der Waals surface area (Å²) in [6.07, 6.45) is 1.87. The Morgan fingerprint density at radius 1 is 1.26 bits per heavy atom. The summed E-state index contributed by atoms with van der Waals surface area (Å²) in [5.74, 6) is 0. The van der Waals surface area contributed by atoms with E-state index >= 15 is 0 Å². The van der Waals surface area contributed by atoms with Crippen LogP contribution in [0.4, 0.5) is 11.4 Å². The molecule has 0 saturated carbocycles. The summed E-state index contributed by atoms with van der Waals surface area (Å²) in [4.78, 5) is 11.0. The lowest BCUT2D eigenvalue weighted by molar-refractivity contribution is -0.385. The Morgan fingerprint density at radius 3 is 2.57 bits per heavy atom. The predicted octanol–water partition coefficient (Wildman–Crippen LogP) is 4.08. The van der Waals surface area contributed by atoms with Gasteiger partial charge in [-0.2, -0.15) is 0 Å². The summed E-state index contributed by atoms with van der Waals surface area (Å²) in [5.41, 5.74) is 0.256. The monoisotopic (exact) mass is 372 g/mol. The van der Waals surface area contributed by atoms with Crippen LogP contribution in [0.5, 0.6) is 0 Å². The van der Waals surface area contributed by atoms with Gasteiger partial charge in [-0.15, -0.1) is 11.8 Å². The SMILES string of the molecule is CSc1cccc(NS(=O)(=O)c2cc(Cl)c(C)c([N+](=O)[O-])c2)c1. The average molecular weight is 373 g/mol. The number of nitrogens with zero attached hydrogens (tertiary/aromatic N) is 1. The van der Waals surface area contributed by atoms with Crippen LogP contribution in [-0.2, 0) is 10.0 Å². The van der Waals surface area contributed by atoms with E-state index in [2.05, 4.69) is 4.72 Å². The van der Waals surface area contributed by atoms with Crippen LogP contribution in [0.3, 0.4) is 0 Å². The first-order valence-electron chi connectivity index (χ1n) is 6.36. The maximum Gasteiger partial charge on any atom is 0.275 e. The molecule has 0 radical (unpaired) electrons. The molecule has 0 bridgehead atoms. The lowest BCUT2D eigenvalue weighted by Gasteiger charge is -2.10. The van der Waals surface area contributed by atoms with E-state index in [4.69, 9.17) is 11.6 Å². The van der Waals surface area contributed by atoms with Crippen LogP contribution in [-0.4, -0.2) is 19.6 Å². The molecule has 0 saturated heterocycles. The number of thioether (sulfide) groups is 1. The van der Waals surface area contributed by atoms with E-state index in [1.54, 1.807) is 18.2 Å². The van der Waals surface area contributed by atoms with E-state index in [1.807, 2.05) is 12.3 Å². The van der Waals surface area contributed by atoms with Gasteiger partial charge in [-0.05, 0) is 37.4 Å². The second-order valence-corrected chi connectivity index (χ2v) is 7.61. The number of hydrogen-bond donors (Lipinski definition) is 1. The van der Waals surface area contributed by atoms with Gasteiger partial charge in [0.05, 0.1) is 14.8 Å². The third-order valence-electron chi connectivity index (χ3n) is 3.12. The molecule has 1 N–H and O–H groups in total. The summed E-state index contributed by atoms with van der Waals surface area (Å²) in [7, 11) is -3.98. The number of rotatable bonds is 5. The molecule has 23 heavy (non-hydrogen) atoms. The Labute approximate surface area is 143 Å². The minimum absolute atomic E-state index is 0.0254. The first-order valence-corrected chi connectivity index (χ1v) is 9.44. The number of sulfonamides is 1. The molecule has 6 nitrogen and oxygen atoms in total. The van der Waals surface area contributed by atoms with E-state index in [0.717, 1.165) is 11.0 Å². The fraction of sp³-hybridized carbons (Fsp3) is 0.143. The molecule has 0 aliphatic carbocycles. The summed E-state index contributed by atoms with van der Waals surface area (Å²) >= 11 is 7.39. The molecule has 0 unspecified atom stereocenters. The van der Waals surface area contributed by atoms with Crippen molar-refractivity contribution in [1.29, 1.82) is 0 Å². The Balaban J connectivity index is 2.45. The molecular formula is C14H13ClN2O4S2. The molecule has 0 atom stereocenters. The van der Waals surface area contributed by atoms with Crippen molar-refractivity contribution in [2.75, 3.05) is 11.0 Å². The van der Waals surface area contributed by atoms with Crippen LogP contribution >= 0.6 is 23.4 Å². The average Bonchev–Trinajstić information content (AvgIpc) is 2.49. The lowest BCUT2D eigenvalue weighted by atomic mass is 10.2. The van der Waals surface area contributed by atoms with Gasteiger partial charge in [-0.1, -0.05) is 17.7 Å². The minimum atomic E-state index is -3.98. The molecule has 2 aromatic carbocycles. The summed E-state index contributed by atoms with van der Waals surface area (Å²) in [6, 6.07) is 9.03. The van der Waals surface area contributed by atoms with Crippen molar-refractivity contribution in [2.24, 2.45) is 0 Å². The number of nitrogens with one attached hydrogen (secondary N) is 1. The van der Waals surface area contributed by atoms with Crippen LogP contribution in [0.15, 0.2) is 46.2 Å². The van der Waals surface area contributed by atoms with Crippen LogP contribution in [0.1, 0.15) is 5.56 Å². The maximum absolute atomic E-state index is 12.4. The third-order valence-corrected chi connectivity index (χ3v) is 5.60. The van der Waals surface area contributed by atoms with E-state index < -0.39 is 14.9 Å². The highest BCUT2D eigenvalue weighted by molar-refractivity contribution is 7.98. The summed E-state index contributed by atoms with van der Waals surface area (Å²) in [6.45, 7) is 1.46. The molecule has 0 aliphatic rings. The molecule has 122 valence electrons. The van der Waals surface area contributed by atoms with E-state index in [1.165, 1.54) is 24.8 Å². The second kappa shape index (κ2) is 6.77. The van der Waals surface area contributed by atoms with Crippen molar-refractivity contribution in [1.82, 2.24) is 0 Å². The van der Waals surface area contributed by atoms with Crippen molar-refractivity contribution in [3.05, 3.63) is 57.1 Å². The molecule has 0 aliphatic heterocycles. The predicted molar refractivity (Wildman–Crippen MR) is 91.9 cm³/mol. The topological polar surface area (TPSA) is 89.3 Å². The van der Waals surface area contributed by atoms with Gasteiger partial charge in [-0.25, -0.2) is 8.42 Å². The molecule has 2 aromatic rings. The molecule has 9 heteroatoms. The number of benzene rings is 2. The standard InChI is InChI=1S/C14H13ClN2O4S2/c1-9-13(15)7-12(8-14(9)17(18)19)23(20,21)16-10-4-3-5-11(6-10)22-2/h3-8,16H,1-2H3. The maximum atomic E-state index is 12.4. The van der Waals surface area contributed by atoms with Gasteiger partial charge in [0.15, 0.2) is 0 Å². The van der Waals surface area contributed by atoms with Gasteiger partial charge in [0, 0.05) is 22.2 Å². The highest BCUT2D eigenvalue weighted by Crippen LogP contribution is 2.30. The van der Waals surface area contributed by atoms with Gasteiger partial charge < -0.3 is 0 Å². The zero-order valence-corrected chi connectivity index (χ0v) is 14.6. The molecule has 0 spiro atoms. The van der Waals surface area contributed by atoms with E-state index in [-0.39, 0.29) is 21.2 Å². The van der Waals surface area contributed by atoms with Gasteiger partial charge in [0.1, 0.15) is 0 Å². The summed E-state index contributed by atoms with van der Waals surface area (Å²) in [5, 5.41) is 11.0. The molecule has 0 aromatic heterocycles. The number of hydrogen-bond acceptors (Lipinski definition) is 5. The highest BCUT2D eigenvalue weighted by atomic mass is 35.5. The fourth-order valence-corrected chi connectivity index (χ4v) is 3.72. The van der Waals surface area contributed by atoms with Crippen molar-refractivity contribution in [3.63, 3.8) is 0 Å². The molecule has 0 heterocycles. The van der Waals surface area contributed by atoms with Gasteiger partial charge in [0.2, 0.25) is 0 Å². The third kappa shape index (κ3) is 3.95. The minimum Gasteiger partial charge on any atom is -0.280 e. The zero-order chi connectivity index (χ0) is 17.2. The number of anilines is 1. The molecular weight excluding hydrogens is 360 g/mol. The lowest BCUT2D eigenvalue weighted by Crippen LogP contribution is -2.13.